The van der Waals surface area contributed by atoms with Crippen molar-refractivity contribution in [2.45, 2.75) is 32.5 Å². The molecule has 0 aliphatic heterocycles. The molecule has 0 N–H and O–H groups in total. The Balaban J connectivity index is 1.74. The van der Waals surface area contributed by atoms with Gasteiger partial charge in [0.25, 0.3) is 0 Å². The fourth-order valence-electron chi connectivity index (χ4n) is 3.51. The number of hydrogen-bond donors (Lipinski definition) is 0. The molecule has 0 aromatic heterocycles. The van der Waals surface area contributed by atoms with Crippen LogP contribution >= 0.6 is 0 Å². The van der Waals surface area contributed by atoms with Gasteiger partial charge in [-0.1, -0.05) is 67.1 Å². The third kappa shape index (κ3) is 4.08. The Morgan fingerprint density at radius 1 is 0.889 bits per heavy atom. The quantitative estimate of drug-likeness (QED) is 0.426. The van der Waals surface area contributed by atoms with E-state index in [2.05, 4.69) is 0 Å². The Bertz CT molecular complexity index is 729. The number of carbonyl (C=O) groups excluding carboxylic acids is 3. The number of hydrogen-bond acceptors (Lipinski definition) is 5. The monoisotopic (exact) mass is 366 g/mol. The molecular formula is C22H22O5. The third-order valence-corrected chi connectivity index (χ3v) is 5.04. The van der Waals surface area contributed by atoms with Gasteiger partial charge in [0.15, 0.2) is 5.41 Å². The van der Waals surface area contributed by atoms with Crippen LogP contribution in [0.2, 0.25) is 0 Å². The molecule has 1 saturated carbocycles. The first-order valence-electron chi connectivity index (χ1n) is 9.04. The van der Waals surface area contributed by atoms with Gasteiger partial charge in [0.2, 0.25) is 0 Å². The zero-order valence-corrected chi connectivity index (χ0v) is 15.0. The second kappa shape index (κ2) is 8.62. The molecule has 1 aliphatic rings. The summed E-state index contributed by atoms with van der Waals surface area (Å²) in [5.41, 5.74) is 0.0873. The van der Waals surface area contributed by atoms with Crippen LogP contribution in [-0.2, 0) is 37.1 Å². The number of carbonyl (C=O) groups is 3. The summed E-state index contributed by atoms with van der Waals surface area (Å²) in [6.07, 6.45) is 2.02. The maximum absolute atomic E-state index is 12.9. The van der Waals surface area contributed by atoms with Crippen molar-refractivity contribution in [2.24, 2.45) is 11.3 Å². The number of ether oxygens (including phenoxy) is 2. The molecule has 3 rings (SSSR count). The van der Waals surface area contributed by atoms with Crippen LogP contribution in [0.3, 0.4) is 0 Å². The van der Waals surface area contributed by atoms with Crippen LogP contribution in [0.15, 0.2) is 60.7 Å². The molecule has 1 atom stereocenters. The van der Waals surface area contributed by atoms with Gasteiger partial charge in [0.05, 0.1) is 0 Å². The highest BCUT2D eigenvalue weighted by atomic mass is 16.6. The SMILES string of the molecule is O=C[C@@H]1CCCC1(C(=O)OCc1ccccc1)C(=O)OCc1ccccc1. The highest BCUT2D eigenvalue weighted by molar-refractivity contribution is 6.03. The van der Waals surface area contributed by atoms with Gasteiger partial charge in [-0.3, -0.25) is 9.59 Å². The van der Waals surface area contributed by atoms with Gasteiger partial charge >= 0.3 is 11.9 Å². The zero-order chi connectivity index (χ0) is 19.1. The lowest BCUT2D eigenvalue weighted by molar-refractivity contribution is -0.178. The smallest absolute Gasteiger partial charge is 0.324 e. The maximum Gasteiger partial charge on any atom is 0.324 e. The molecule has 1 fully saturated rings. The highest BCUT2D eigenvalue weighted by Gasteiger charge is 2.57. The fraction of sp³-hybridized carbons (Fsp3) is 0.318. The van der Waals surface area contributed by atoms with Crippen LogP contribution in [0.4, 0.5) is 0 Å². The molecule has 27 heavy (non-hydrogen) atoms. The molecule has 2 aromatic carbocycles. The predicted octanol–water partition coefficient (Wildman–Crippen LogP) is 3.46. The minimum atomic E-state index is -1.55. The third-order valence-electron chi connectivity index (χ3n) is 5.04. The first-order chi connectivity index (χ1) is 13.2. The van der Waals surface area contributed by atoms with Crippen molar-refractivity contribution in [3.8, 4) is 0 Å². The zero-order valence-electron chi connectivity index (χ0n) is 15.0. The fourth-order valence-corrected chi connectivity index (χ4v) is 3.51. The van der Waals surface area contributed by atoms with Crippen molar-refractivity contribution >= 4 is 18.2 Å². The lowest BCUT2D eigenvalue weighted by Crippen LogP contribution is -2.45. The van der Waals surface area contributed by atoms with Gasteiger partial charge < -0.3 is 14.3 Å². The average molecular weight is 366 g/mol. The number of esters is 2. The summed E-state index contributed by atoms with van der Waals surface area (Å²) >= 11 is 0. The minimum absolute atomic E-state index is 0.0545. The average Bonchev–Trinajstić information content (AvgIpc) is 3.17. The van der Waals surface area contributed by atoms with Crippen LogP contribution in [-0.4, -0.2) is 18.2 Å². The lowest BCUT2D eigenvalue weighted by Gasteiger charge is -2.28. The first kappa shape index (κ1) is 18.8. The van der Waals surface area contributed by atoms with E-state index in [4.69, 9.17) is 9.47 Å². The first-order valence-corrected chi connectivity index (χ1v) is 9.04. The van der Waals surface area contributed by atoms with Crippen LogP contribution in [0, 0.1) is 11.3 Å². The van der Waals surface area contributed by atoms with E-state index >= 15 is 0 Å². The van der Waals surface area contributed by atoms with E-state index in [0.717, 1.165) is 11.1 Å². The summed E-state index contributed by atoms with van der Waals surface area (Å²) in [5, 5.41) is 0. The number of benzene rings is 2. The van der Waals surface area contributed by atoms with Gasteiger partial charge in [0.1, 0.15) is 19.5 Å². The topological polar surface area (TPSA) is 69.7 Å². The second-order valence-corrected chi connectivity index (χ2v) is 6.73. The number of aldehydes is 1. The van der Waals surface area contributed by atoms with Gasteiger partial charge in [-0.2, -0.15) is 0 Å². The molecule has 0 heterocycles. The molecule has 5 heteroatoms. The molecule has 5 nitrogen and oxygen atoms in total. The molecule has 0 amide bonds. The summed E-state index contributed by atoms with van der Waals surface area (Å²) in [6.45, 7) is 0.109. The van der Waals surface area contributed by atoms with Gasteiger partial charge in [0, 0.05) is 5.92 Å². The van der Waals surface area contributed by atoms with Crippen LogP contribution in [0.25, 0.3) is 0 Å². The van der Waals surface area contributed by atoms with Gasteiger partial charge in [-0.25, -0.2) is 0 Å². The molecule has 0 radical (unpaired) electrons. The van der Waals surface area contributed by atoms with Crippen LogP contribution < -0.4 is 0 Å². The molecule has 140 valence electrons. The van der Waals surface area contributed by atoms with E-state index in [1.165, 1.54) is 0 Å². The second-order valence-electron chi connectivity index (χ2n) is 6.73. The molecule has 0 saturated heterocycles. The Kier molecular flexibility index (Phi) is 6.01. The van der Waals surface area contributed by atoms with Crippen molar-refractivity contribution in [1.82, 2.24) is 0 Å². The van der Waals surface area contributed by atoms with Crippen LogP contribution in [0.1, 0.15) is 30.4 Å². The van der Waals surface area contributed by atoms with Gasteiger partial charge in [-0.05, 0) is 24.0 Å². The number of rotatable bonds is 7. The summed E-state index contributed by atoms with van der Waals surface area (Å²) in [5.74, 6) is -2.08. The predicted molar refractivity (Wildman–Crippen MR) is 98.3 cm³/mol. The Hall–Kier alpha value is -2.95. The molecular weight excluding hydrogens is 344 g/mol. The van der Waals surface area contributed by atoms with E-state index in [1.54, 1.807) is 0 Å². The van der Waals surface area contributed by atoms with E-state index in [0.29, 0.717) is 19.1 Å². The van der Waals surface area contributed by atoms with Crippen molar-refractivity contribution in [1.29, 1.82) is 0 Å². The molecule has 0 unspecified atom stereocenters. The van der Waals surface area contributed by atoms with Crippen molar-refractivity contribution in [3.05, 3.63) is 71.8 Å². The molecule has 2 aromatic rings. The van der Waals surface area contributed by atoms with Crippen LogP contribution in [0.5, 0.6) is 0 Å². The standard InChI is InChI=1S/C22H22O5/c23-14-19-12-7-13-22(19,20(24)26-15-17-8-3-1-4-9-17)21(25)27-16-18-10-5-2-6-11-18/h1-6,8-11,14,19H,7,12-13,15-16H2/t19-/m0/s1. The van der Waals surface area contributed by atoms with Crippen molar-refractivity contribution in [2.75, 3.05) is 0 Å². The van der Waals surface area contributed by atoms with Crippen molar-refractivity contribution < 1.29 is 23.9 Å². The summed E-state index contributed by atoms with van der Waals surface area (Å²) < 4.78 is 10.8. The Labute approximate surface area is 158 Å². The summed E-state index contributed by atoms with van der Waals surface area (Å²) in [4.78, 5) is 37.3. The molecule has 0 bridgehead atoms. The van der Waals surface area contributed by atoms with E-state index < -0.39 is 23.3 Å². The summed E-state index contributed by atoms with van der Waals surface area (Å²) in [7, 11) is 0. The highest BCUT2D eigenvalue weighted by Crippen LogP contribution is 2.45. The van der Waals surface area contributed by atoms with Gasteiger partial charge in [-0.15, -0.1) is 0 Å². The molecule has 1 aliphatic carbocycles. The van der Waals surface area contributed by atoms with E-state index in [9.17, 15) is 14.4 Å². The Morgan fingerprint density at radius 2 is 1.37 bits per heavy atom. The molecule has 0 spiro atoms. The minimum Gasteiger partial charge on any atom is -0.460 e. The van der Waals surface area contributed by atoms with E-state index in [-0.39, 0.29) is 19.6 Å². The maximum atomic E-state index is 12.9. The summed E-state index contributed by atoms with van der Waals surface area (Å²) in [6, 6.07) is 18.4. The van der Waals surface area contributed by atoms with E-state index in [1.807, 2.05) is 60.7 Å². The van der Waals surface area contributed by atoms with Crippen molar-refractivity contribution in [3.63, 3.8) is 0 Å². The Morgan fingerprint density at radius 3 is 1.81 bits per heavy atom. The lowest BCUT2D eigenvalue weighted by atomic mass is 9.78. The normalized spacial score (nSPS) is 17.9. The largest absolute Gasteiger partial charge is 0.460 e.